The molecule has 0 aliphatic rings. The summed E-state index contributed by atoms with van der Waals surface area (Å²) in [5.74, 6) is 0. The molecule has 0 radical (unpaired) electrons. The topological polar surface area (TPSA) is 0 Å². The van der Waals surface area contributed by atoms with Gasteiger partial charge < -0.3 is 0 Å². The van der Waals surface area contributed by atoms with Crippen molar-refractivity contribution in [1.82, 2.24) is 0 Å². The van der Waals surface area contributed by atoms with E-state index in [2.05, 4.69) is 55.1 Å². The smallest absolute Gasteiger partial charge is 0.0355 e. The number of benzene rings is 2. The number of allylic oxidation sites excluding steroid dienone is 3. The Hall–Kier alpha value is -1.86. The predicted octanol–water partition coefficient (Wildman–Crippen LogP) is 5.64. The fourth-order valence-corrected chi connectivity index (χ4v) is 3.39. The predicted molar refractivity (Wildman–Crippen MR) is 83.2 cm³/mol. The highest BCUT2D eigenvalue weighted by atomic mass is 32.1. The van der Waals surface area contributed by atoms with Crippen molar-refractivity contribution in [3.8, 4) is 0 Å². The molecule has 3 aromatic rings. The van der Waals surface area contributed by atoms with Crippen LogP contribution < -0.4 is 0 Å². The second-order valence-corrected chi connectivity index (χ2v) is 5.34. The number of rotatable bonds is 2. The van der Waals surface area contributed by atoms with Gasteiger partial charge >= 0.3 is 0 Å². The minimum Gasteiger partial charge on any atom is -0.135 e. The second kappa shape index (κ2) is 4.43. The van der Waals surface area contributed by atoms with Gasteiger partial charge in [0.1, 0.15) is 0 Å². The van der Waals surface area contributed by atoms with E-state index in [0.717, 1.165) is 0 Å². The molecule has 0 amide bonds. The molecule has 1 heterocycles. The maximum atomic E-state index is 3.87. The Morgan fingerprint density at radius 2 is 1.83 bits per heavy atom. The van der Waals surface area contributed by atoms with Crippen molar-refractivity contribution in [2.45, 2.75) is 6.92 Å². The van der Waals surface area contributed by atoms with Crippen LogP contribution in [0, 0.1) is 0 Å². The Morgan fingerprint density at radius 3 is 2.61 bits per heavy atom. The summed E-state index contributed by atoms with van der Waals surface area (Å²) in [5.41, 5.74) is 2.43. The molecule has 18 heavy (non-hydrogen) atoms. The van der Waals surface area contributed by atoms with Crippen LogP contribution in [0.2, 0.25) is 0 Å². The molecule has 0 aliphatic carbocycles. The van der Waals surface area contributed by atoms with Crippen molar-refractivity contribution >= 4 is 37.1 Å². The molecule has 1 aromatic heterocycles. The van der Waals surface area contributed by atoms with Gasteiger partial charge in [-0.05, 0) is 36.3 Å². The number of fused-ring (bicyclic) bond motifs is 3. The Balaban J connectivity index is 2.34. The van der Waals surface area contributed by atoms with Gasteiger partial charge in [0.05, 0.1) is 0 Å². The molecule has 0 bridgehead atoms. The molecule has 0 spiro atoms. The van der Waals surface area contributed by atoms with E-state index in [-0.39, 0.29) is 0 Å². The van der Waals surface area contributed by atoms with Crippen molar-refractivity contribution in [2.24, 2.45) is 0 Å². The number of hydrogen-bond acceptors (Lipinski definition) is 1. The molecule has 0 saturated carbocycles. The summed E-state index contributed by atoms with van der Waals surface area (Å²) < 4.78 is 2.70. The summed E-state index contributed by atoms with van der Waals surface area (Å²) >= 11 is 1.85. The zero-order valence-electron chi connectivity index (χ0n) is 10.3. The third-order valence-electron chi connectivity index (χ3n) is 3.24. The Kier molecular flexibility index (Phi) is 2.77. The van der Waals surface area contributed by atoms with E-state index in [1.807, 2.05) is 24.3 Å². The van der Waals surface area contributed by atoms with E-state index in [4.69, 9.17) is 0 Å². The molecule has 0 atom stereocenters. The molecule has 0 N–H and O–H groups in total. The fourth-order valence-electron chi connectivity index (χ4n) is 2.31. The summed E-state index contributed by atoms with van der Waals surface area (Å²) in [5, 5.41) is 2.69. The molecule has 3 rings (SSSR count). The van der Waals surface area contributed by atoms with E-state index >= 15 is 0 Å². The summed E-state index contributed by atoms with van der Waals surface area (Å²) in [6, 6.07) is 15.2. The molecule has 0 unspecified atom stereocenters. The van der Waals surface area contributed by atoms with E-state index in [1.165, 1.54) is 31.3 Å². The van der Waals surface area contributed by atoms with Gasteiger partial charge in [-0.15, -0.1) is 11.3 Å². The minimum absolute atomic E-state index is 1.19. The molecular formula is C17H14S. The zero-order valence-corrected chi connectivity index (χ0v) is 11.1. The average molecular weight is 250 g/mol. The van der Waals surface area contributed by atoms with Gasteiger partial charge in [0.2, 0.25) is 0 Å². The monoisotopic (exact) mass is 250 g/mol. The van der Waals surface area contributed by atoms with Crippen LogP contribution in [0.25, 0.3) is 25.7 Å². The van der Waals surface area contributed by atoms with E-state index in [1.54, 1.807) is 0 Å². The summed E-state index contributed by atoms with van der Waals surface area (Å²) in [4.78, 5) is 0. The van der Waals surface area contributed by atoms with Gasteiger partial charge in [0.25, 0.3) is 0 Å². The maximum absolute atomic E-state index is 3.87. The van der Waals surface area contributed by atoms with Crippen molar-refractivity contribution in [3.63, 3.8) is 0 Å². The average Bonchev–Trinajstić information content (AvgIpc) is 2.78. The van der Waals surface area contributed by atoms with Gasteiger partial charge in [-0.3, -0.25) is 0 Å². The molecule has 1 heteroatoms. The lowest BCUT2D eigenvalue weighted by Gasteiger charge is -2.02. The standard InChI is InChI=1S/C17H14S/c1-3-12(4-2)13-9-10-17-15(11-13)14-7-5-6-8-16(14)18-17/h3-11H,1H2,2H3/b12-4+. The highest BCUT2D eigenvalue weighted by molar-refractivity contribution is 7.25. The summed E-state index contributed by atoms with van der Waals surface area (Å²) in [7, 11) is 0. The van der Waals surface area contributed by atoms with Crippen LogP contribution in [-0.4, -0.2) is 0 Å². The molecular weight excluding hydrogens is 236 g/mol. The van der Waals surface area contributed by atoms with Crippen LogP contribution in [0.1, 0.15) is 12.5 Å². The molecule has 0 saturated heterocycles. The van der Waals surface area contributed by atoms with Crippen molar-refractivity contribution in [3.05, 3.63) is 66.8 Å². The van der Waals surface area contributed by atoms with Crippen LogP contribution in [0.4, 0.5) is 0 Å². The van der Waals surface area contributed by atoms with Gasteiger partial charge in [0.15, 0.2) is 0 Å². The largest absolute Gasteiger partial charge is 0.135 e. The highest BCUT2D eigenvalue weighted by Gasteiger charge is 2.05. The van der Waals surface area contributed by atoms with Crippen LogP contribution in [0.15, 0.2) is 61.2 Å². The van der Waals surface area contributed by atoms with Gasteiger partial charge in [-0.25, -0.2) is 0 Å². The first kappa shape index (κ1) is 11.2. The quantitative estimate of drug-likeness (QED) is 0.516. The highest BCUT2D eigenvalue weighted by Crippen LogP contribution is 2.35. The van der Waals surface area contributed by atoms with Crippen LogP contribution in [-0.2, 0) is 0 Å². The second-order valence-electron chi connectivity index (χ2n) is 4.26. The summed E-state index contributed by atoms with van der Waals surface area (Å²) in [6.45, 7) is 5.92. The van der Waals surface area contributed by atoms with Gasteiger partial charge in [0, 0.05) is 20.2 Å². The molecule has 0 nitrogen and oxygen atoms in total. The SMILES string of the molecule is C=C/C(=C\C)c1ccc2sc3ccccc3c2c1. The van der Waals surface area contributed by atoms with Crippen LogP contribution >= 0.6 is 11.3 Å². The van der Waals surface area contributed by atoms with E-state index < -0.39 is 0 Å². The molecule has 0 aliphatic heterocycles. The lowest BCUT2D eigenvalue weighted by Crippen LogP contribution is -1.79. The van der Waals surface area contributed by atoms with Crippen molar-refractivity contribution in [2.75, 3.05) is 0 Å². The van der Waals surface area contributed by atoms with Crippen LogP contribution in [0.3, 0.4) is 0 Å². The zero-order chi connectivity index (χ0) is 12.5. The lowest BCUT2D eigenvalue weighted by molar-refractivity contribution is 1.65. The normalized spacial score (nSPS) is 12.2. The minimum atomic E-state index is 1.19. The fraction of sp³-hybridized carbons (Fsp3) is 0.0588. The first-order valence-electron chi connectivity index (χ1n) is 6.04. The maximum Gasteiger partial charge on any atom is 0.0355 e. The first-order chi connectivity index (χ1) is 8.83. The van der Waals surface area contributed by atoms with Gasteiger partial charge in [-0.2, -0.15) is 0 Å². The Bertz CT molecular complexity index is 759. The molecule has 88 valence electrons. The lowest BCUT2D eigenvalue weighted by atomic mass is 10.0. The third-order valence-corrected chi connectivity index (χ3v) is 4.39. The van der Waals surface area contributed by atoms with E-state index in [9.17, 15) is 0 Å². The van der Waals surface area contributed by atoms with E-state index in [0.29, 0.717) is 0 Å². The number of thiophene rings is 1. The van der Waals surface area contributed by atoms with Crippen molar-refractivity contribution < 1.29 is 0 Å². The molecule has 2 aromatic carbocycles. The number of hydrogen-bond donors (Lipinski definition) is 0. The third kappa shape index (κ3) is 1.68. The van der Waals surface area contributed by atoms with Crippen molar-refractivity contribution in [1.29, 1.82) is 0 Å². The molecule has 0 fully saturated rings. The van der Waals surface area contributed by atoms with Crippen LogP contribution in [0.5, 0.6) is 0 Å². The Morgan fingerprint density at radius 1 is 1.06 bits per heavy atom. The van der Waals surface area contributed by atoms with Gasteiger partial charge in [-0.1, -0.05) is 43.0 Å². The Labute approximate surface area is 111 Å². The summed E-state index contributed by atoms with van der Waals surface area (Å²) in [6.07, 6.45) is 4.01. The first-order valence-corrected chi connectivity index (χ1v) is 6.85.